The maximum Gasteiger partial charge on any atom is 0.417 e. The number of H-pyrrole nitrogens is 1. The summed E-state index contributed by atoms with van der Waals surface area (Å²) in [5.41, 5.74) is 3.67. The number of likely N-dealkylation sites (tertiary alicyclic amines) is 1. The molecule has 11 heteroatoms. The van der Waals surface area contributed by atoms with E-state index in [1.807, 2.05) is 23.1 Å². The predicted molar refractivity (Wildman–Crippen MR) is 136 cm³/mol. The van der Waals surface area contributed by atoms with E-state index < -0.39 is 11.7 Å². The molecular weight excluding hydrogens is 478 g/mol. The summed E-state index contributed by atoms with van der Waals surface area (Å²) in [4.78, 5) is 55.9. The Labute approximate surface area is 212 Å². The number of anilines is 1. The van der Waals surface area contributed by atoms with Gasteiger partial charge in [0.05, 0.1) is 19.2 Å². The van der Waals surface area contributed by atoms with Crippen molar-refractivity contribution in [2.45, 2.75) is 32.2 Å². The van der Waals surface area contributed by atoms with E-state index in [9.17, 15) is 19.2 Å². The normalized spacial score (nSPS) is 16.2. The van der Waals surface area contributed by atoms with Crippen LogP contribution in [0.1, 0.15) is 34.3 Å². The minimum Gasteiger partial charge on any atom is -0.497 e. The average molecular weight is 508 g/mol. The molecule has 11 nitrogen and oxygen atoms in total. The van der Waals surface area contributed by atoms with E-state index in [2.05, 4.69) is 15.6 Å². The molecule has 3 heterocycles. The summed E-state index contributed by atoms with van der Waals surface area (Å²) in [6.07, 6.45) is 2.04. The lowest BCUT2D eigenvalue weighted by atomic mass is 10.0. The highest BCUT2D eigenvalue weighted by Gasteiger charge is 2.31. The maximum absolute atomic E-state index is 12.9. The lowest BCUT2D eigenvalue weighted by molar-refractivity contribution is -0.131. The molecule has 3 aromatic rings. The zero-order valence-electron chi connectivity index (χ0n) is 20.8. The van der Waals surface area contributed by atoms with Crippen LogP contribution < -0.4 is 21.1 Å². The van der Waals surface area contributed by atoms with Gasteiger partial charge in [0, 0.05) is 36.9 Å². The molecule has 1 saturated heterocycles. The summed E-state index contributed by atoms with van der Waals surface area (Å²) in [6.45, 7) is 3.22. The molecule has 3 N–H and O–H groups in total. The Morgan fingerprint density at radius 2 is 1.92 bits per heavy atom. The van der Waals surface area contributed by atoms with Crippen LogP contribution in [0.2, 0.25) is 0 Å². The number of nitrogens with zero attached hydrogens (tertiary/aromatic N) is 2. The van der Waals surface area contributed by atoms with Crippen LogP contribution in [-0.2, 0) is 11.2 Å². The van der Waals surface area contributed by atoms with E-state index in [0.29, 0.717) is 61.1 Å². The minimum atomic E-state index is -0.586. The Balaban J connectivity index is 1.14. The molecular formula is C26H29N5O6. The van der Waals surface area contributed by atoms with Crippen molar-refractivity contribution < 1.29 is 23.5 Å². The molecule has 1 fully saturated rings. The van der Waals surface area contributed by atoms with Crippen molar-refractivity contribution in [1.29, 1.82) is 0 Å². The number of oxazole rings is 1. The SMILES string of the molecule is COc1ccc2c(c1)CCN(C1CCN(C(=O)CNC(=O)c3cc(C)c4[nH]c(=O)oc4c3)CC1)C(=O)N2. The van der Waals surface area contributed by atoms with Gasteiger partial charge in [0.25, 0.3) is 5.91 Å². The molecule has 0 saturated carbocycles. The summed E-state index contributed by atoms with van der Waals surface area (Å²) in [7, 11) is 1.62. The van der Waals surface area contributed by atoms with E-state index in [0.717, 1.165) is 17.0 Å². The second-order valence-electron chi connectivity index (χ2n) is 9.37. The van der Waals surface area contributed by atoms with E-state index in [4.69, 9.17) is 9.15 Å². The maximum atomic E-state index is 12.9. The van der Waals surface area contributed by atoms with Gasteiger partial charge in [-0.2, -0.15) is 0 Å². The van der Waals surface area contributed by atoms with Gasteiger partial charge in [-0.3, -0.25) is 14.6 Å². The number of aromatic nitrogens is 1. The zero-order valence-corrected chi connectivity index (χ0v) is 20.8. The molecule has 4 amide bonds. The monoisotopic (exact) mass is 507 g/mol. The third kappa shape index (κ3) is 5.02. The van der Waals surface area contributed by atoms with E-state index in [1.54, 1.807) is 25.0 Å². The number of carbonyl (C=O) groups is 3. The summed E-state index contributed by atoms with van der Waals surface area (Å²) < 4.78 is 10.4. The van der Waals surface area contributed by atoms with Crippen molar-refractivity contribution in [1.82, 2.24) is 20.1 Å². The van der Waals surface area contributed by atoms with E-state index in [1.165, 1.54) is 6.07 Å². The lowest BCUT2D eigenvalue weighted by Crippen LogP contribution is -2.51. The first-order valence-corrected chi connectivity index (χ1v) is 12.3. The van der Waals surface area contributed by atoms with Gasteiger partial charge in [-0.05, 0) is 67.6 Å². The number of urea groups is 1. The fourth-order valence-corrected chi connectivity index (χ4v) is 5.05. The fourth-order valence-electron chi connectivity index (χ4n) is 5.05. The smallest absolute Gasteiger partial charge is 0.417 e. The number of aryl methyl sites for hydroxylation is 1. The molecule has 2 aliphatic rings. The molecule has 2 aromatic carbocycles. The number of ether oxygens (including phenoxy) is 1. The number of amides is 4. The molecule has 0 spiro atoms. The van der Waals surface area contributed by atoms with Crippen LogP contribution in [0.5, 0.6) is 5.75 Å². The topological polar surface area (TPSA) is 137 Å². The number of rotatable bonds is 5. The van der Waals surface area contributed by atoms with Crippen LogP contribution in [-0.4, -0.2) is 72.0 Å². The Hall–Kier alpha value is -4.28. The number of carbonyl (C=O) groups excluding carboxylic acids is 3. The number of aromatic amines is 1. The highest BCUT2D eigenvalue weighted by atomic mass is 16.5. The summed E-state index contributed by atoms with van der Waals surface area (Å²) >= 11 is 0. The summed E-state index contributed by atoms with van der Waals surface area (Å²) in [6, 6.07) is 8.65. The first-order chi connectivity index (χ1) is 17.8. The second-order valence-corrected chi connectivity index (χ2v) is 9.37. The van der Waals surface area contributed by atoms with Gasteiger partial charge in [-0.1, -0.05) is 0 Å². The Kier molecular flexibility index (Phi) is 6.60. The second kappa shape index (κ2) is 10.00. The van der Waals surface area contributed by atoms with Gasteiger partial charge in [0.2, 0.25) is 5.91 Å². The Morgan fingerprint density at radius 1 is 1.14 bits per heavy atom. The summed E-state index contributed by atoms with van der Waals surface area (Å²) in [5.74, 6) is -0.434. The number of hydrogen-bond donors (Lipinski definition) is 3. The first kappa shape index (κ1) is 24.4. The standard InChI is InChI=1S/C26H29N5O6/c1-15-11-17(13-21-23(15)29-26(35)37-21)24(33)27-14-22(32)30-8-6-18(7-9-30)31-10-5-16-12-19(36-2)3-4-20(16)28-25(31)34/h3-4,11-13,18H,5-10,14H2,1-2H3,(H,27,33)(H,28,34)(H,29,35). The quantitative estimate of drug-likeness (QED) is 0.485. The van der Waals surface area contributed by atoms with Crippen molar-refractivity contribution in [2.24, 2.45) is 0 Å². The van der Waals surface area contributed by atoms with Crippen LogP contribution in [0.25, 0.3) is 11.1 Å². The largest absolute Gasteiger partial charge is 0.497 e. The number of hydrogen-bond acceptors (Lipinski definition) is 6. The van der Waals surface area contributed by atoms with Crippen LogP contribution in [0.4, 0.5) is 10.5 Å². The van der Waals surface area contributed by atoms with Gasteiger partial charge in [-0.15, -0.1) is 0 Å². The molecule has 0 aliphatic carbocycles. The Bertz CT molecular complexity index is 1420. The Morgan fingerprint density at radius 3 is 2.68 bits per heavy atom. The van der Waals surface area contributed by atoms with Crippen molar-refractivity contribution in [3.63, 3.8) is 0 Å². The van der Waals surface area contributed by atoms with Crippen LogP contribution >= 0.6 is 0 Å². The molecule has 1 aromatic heterocycles. The first-order valence-electron chi connectivity index (χ1n) is 12.3. The minimum absolute atomic E-state index is 0.0283. The molecule has 0 bridgehead atoms. The van der Waals surface area contributed by atoms with Gasteiger partial charge < -0.3 is 29.6 Å². The van der Waals surface area contributed by atoms with Crippen LogP contribution in [0.15, 0.2) is 39.5 Å². The van der Waals surface area contributed by atoms with E-state index >= 15 is 0 Å². The predicted octanol–water partition coefficient (Wildman–Crippen LogP) is 2.25. The van der Waals surface area contributed by atoms with Crippen molar-refractivity contribution in [2.75, 3.05) is 38.6 Å². The molecule has 0 radical (unpaired) electrons. The molecule has 5 rings (SSSR count). The highest BCUT2D eigenvalue weighted by Crippen LogP contribution is 2.27. The molecule has 0 atom stereocenters. The average Bonchev–Trinajstić information content (AvgIpc) is 3.20. The van der Waals surface area contributed by atoms with Crippen molar-refractivity contribution in [3.8, 4) is 5.75 Å². The van der Waals surface area contributed by atoms with Gasteiger partial charge in [0.15, 0.2) is 5.58 Å². The van der Waals surface area contributed by atoms with Crippen LogP contribution in [0.3, 0.4) is 0 Å². The summed E-state index contributed by atoms with van der Waals surface area (Å²) in [5, 5.41) is 5.66. The third-order valence-electron chi connectivity index (χ3n) is 7.09. The number of benzene rings is 2. The van der Waals surface area contributed by atoms with Gasteiger partial charge >= 0.3 is 11.8 Å². The molecule has 37 heavy (non-hydrogen) atoms. The van der Waals surface area contributed by atoms with Crippen LogP contribution in [0, 0.1) is 6.92 Å². The highest BCUT2D eigenvalue weighted by molar-refractivity contribution is 5.99. The van der Waals surface area contributed by atoms with Gasteiger partial charge in [0.1, 0.15) is 5.75 Å². The third-order valence-corrected chi connectivity index (χ3v) is 7.09. The number of piperidine rings is 1. The van der Waals surface area contributed by atoms with Gasteiger partial charge in [-0.25, -0.2) is 9.59 Å². The van der Waals surface area contributed by atoms with E-state index in [-0.39, 0.29) is 24.5 Å². The molecule has 2 aliphatic heterocycles. The van der Waals surface area contributed by atoms with Crippen molar-refractivity contribution in [3.05, 3.63) is 57.6 Å². The molecule has 0 unspecified atom stereocenters. The number of nitrogens with one attached hydrogen (secondary N) is 3. The lowest BCUT2D eigenvalue weighted by Gasteiger charge is -2.38. The van der Waals surface area contributed by atoms with Crippen molar-refractivity contribution >= 4 is 34.6 Å². The molecule has 194 valence electrons. The fraction of sp³-hybridized carbons (Fsp3) is 0.385. The number of fused-ring (bicyclic) bond motifs is 2. The number of methoxy groups -OCH3 is 1. The zero-order chi connectivity index (χ0) is 26.1.